The fourth-order valence-electron chi connectivity index (χ4n) is 3.67. The van der Waals surface area contributed by atoms with E-state index in [1.54, 1.807) is 24.8 Å². The second-order valence-corrected chi connectivity index (χ2v) is 7.49. The number of halogens is 3. The number of hydrogen-bond donors (Lipinski definition) is 0. The van der Waals surface area contributed by atoms with Gasteiger partial charge in [-0.25, -0.2) is 4.68 Å². The average Bonchev–Trinajstić information content (AvgIpc) is 3.08. The van der Waals surface area contributed by atoms with Gasteiger partial charge in [-0.05, 0) is 27.3 Å². The van der Waals surface area contributed by atoms with E-state index >= 15 is 0 Å². The molecule has 2 aliphatic rings. The molecule has 3 rings (SSSR count). The predicted molar refractivity (Wildman–Crippen MR) is 101 cm³/mol. The molecule has 0 bridgehead atoms. The lowest BCUT2D eigenvalue weighted by Crippen LogP contribution is -2.48. The van der Waals surface area contributed by atoms with E-state index in [0.29, 0.717) is 18.8 Å². The van der Waals surface area contributed by atoms with Crippen molar-refractivity contribution in [3.63, 3.8) is 0 Å². The lowest BCUT2D eigenvalue weighted by atomic mass is 10.0. The van der Waals surface area contributed by atoms with Crippen LogP contribution in [0, 0.1) is 0 Å². The number of piperazine rings is 1. The van der Waals surface area contributed by atoms with Gasteiger partial charge in [0.25, 0.3) is 5.91 Å². The van der Waals surface area contributed by atoms with E-state index in [4.69, 9.17) is 0 Å². The zero-order valence-electron chi connectivity index (χ0n) is 16.9. The molecular formula is C19H26F3N5O2. The third-order valence-electron chi connectivity index (χ3n) is 5.58. The van der Waals surface area contributed by atoms with Crippen LogP contribution >= 0.6 is 0 Å². The van der Waals surface area contributed by atoms with Crippen molar-refractivity contribution in [2.75, 3.05) is 46.3 Å². The maximum absolute atomic E-state index is 13.4. The number of likely N-dealkylation sites (N-methyl/N-ethyl adjacent to an activating group) is 1. The van der Waals surface area contributed by atoms with Gasteiger partial charge in [0.2, 0.25) is 5.91 Å². The number of rotatable bonds is 4. The Hall–Kier alpha value is -2.36. The van der Waals surface area contributed by atoms with E-state index in [9.17, 15) is 22.8 Å². The van der Waals surface area contributed by atoms with Crippen LogP contribution < -0.4 is 0 Å². The van der Waals surface area contributed by atoms with Crippen LogP contribution in [0.1, 0.15) is 42.0 Å². The fraction of sp³-hybridized carbons (Fsp3) is 0.632. The van der Waals surface area contributed by atoms with Crippen LogP contribution in [0.3, 0.4) is 0 Å². The molecule has 2 aliphatic heterocycles. The fourth-order valence-corrected chi connectivity index (χ4v) is 3.67. The molecule has 0 spiro atoms. The van der Waals surface area contributed by atoms with Gasteiger partial charge in [0, 0.05) is 56.9 Å². The molecule has 0 aromatic carbocycles. The third-order valence-corrected chi connectivity index (χ3v) is 5.58. The van der Waals surface area contributed by atoms with Crippen molar-refractivity contribution < 1.29 is 22.8 Å². The van der Waals surface area contributed by atoms with Gasteiger partial charge in [0.05, 0.1) is 0 Å². The molecule has 160 valence electrons. The Bertz CT molecular complexity index is 823. The first-order chi connectivity index (χ1) is 13.6. The van der Waals surface area contributed by atoms with E-state index in [2.05, 4.69) is 10.00 Å². The molecule has 1 aromatic rings. The van der Waals surface area contributed by atoms with Crippen LogP contribution in [0.4, 0.5) is 13.2 Å². The third kappa shape index (κ3) is 4.31. The van der Waals surface area contributed by atoms with Crippen molar-refractivity contribution in [2.24, 2.45) is 0 Å². The number of aromatic nitrogens is 2. The lowest BCUT2D eigenvalue weighted by molar-refractivity contribution is -0.142. The largest absolute Gasteiger partial charge is 0.435 e. The standard InChI is InChI=1S/C19H26F3N5O2/c1-4-13(2)27-16-14(17(23-27)19(20,21)22)5-7-26(18(16)29)8-6-15(28)25-11-9-24(3)10-12-25/h4H,5-12H2,1-3H3/b13-4+. The molecule has 29 heavy (non-hydrogen) atoms. The summed E-state index contributed by atoms with van der Waals surface area (Å²) in [7, 11) is 2.00. The Labute approximate surface area is 167 Å². The summed E-state index contributed by atoms with van der Waals surface area (Å²) in [6.07, 6.45) is -2.79. The lowest BCUT2D eigenvalue weighted by Gasteiger charge is -2.33. The number of nitrogens with zero attached hydrogens (tertiary/aromatic N) is 5. The number of hydrogen-bond acceptors (Lipinski definition) is 4. The molecule has 0 atom stereocenters. The highest BCUT2D eigenvalue weighted by Gasteiger charge is 2.43. The molecule has 1 aromatic heterocycles. The molecule has 0 unspecified atom stereocenters. The molecule has 1 saturated heterocycles. The average molecular weight is 413 g/mol. The van der Waals surface area contributed by atoms with Crippen molar-refractivity contribution in [3.8, 4) is 0 Å². The first-order valence-corrected chi connectivity index (χ1v) is 9.71. The second kappa shape index (κ2) is 8.17. The van der Waals surface area contributed by atoms with Crippen LogP contribution in [0.5, 0.6) is 0 Å². The molecule has 10 heteroatoms. The molecule has 2 amide bonds. The maximum atomic E-state index is 13.4. The molecule has 1 fully saturated rings. The van der Waals surface area contributed by atoms with Gasteiger partial charge in [0.15, 0.2) is 5.69 Å². The minimum Gasteiger partial charge on any atom is -0.340 e. The van der Waals surface area contributed by atoms with E-state index in [1.807, 2.05) is 7.05 Å². The summed E-state index contributed by atoms with van der Waals surface area (Å²) >= 11 is 0. The number of allylic oxidation sites excluding steroid dienone is 2. The van der Waals surface area contributed by atoms with Crippen molar-refractivity contribution >= 4 is 17.5 Å². The van der Waals surface area contributed by atoms with Crippen LogP contribution in [-0.2, 0) is 17.4 Å². The number of fused-ring (bicyclic) bond motifs is 1. The van der Waals surface area contributed by atoms with Gasteiger partial charge in [-0.3, -0.25) is 9.59 Å². The number of carbonyl (C=O) groups excluding carboxylic acids is 2. The van der Waals surface area contributed by atoms with E-state index in [-0.39, 0.29) is 43.1 Å². The first kappa shape index (κ1) is 21.4. The molecule has 3 heterocycles. The number of alkyl halides is 3. The van der Waals surface area contributed by atoms with E-state index < -0.39 is 17.8 Å². The maximum Gasteiger partial charge on any atom is 0.435 e. The van der Waals surface area contributed by atoms with Gasteiger partial charge < -0.3 is 14.7 Å². The summed E-state index contributed by atoms with van der Waals surface area (Å²) in [6.45, 7) is 6.52. The summed E-state index contributed by atoms with van der Waals surface area (Å²) in [5, 5.41) is 3.69. The van der Waals surface area contributed by atoms with Crippen LogP contribution in [0.2, 0.25) is 0 Å². The minimum absolute atomic E-state index is 0.0363. The van der Waals surface area contributed by atoms with Crippen molar-refractivity contribution in [1.82, 2.24) is 24.5 Å². The number of carbonyl (C=O) groups is 2. The summed E-state index contributed by atoms with van der Waals surface area (Å²) in [4.78, 5) is 30.8. The van der Waals surface area contributed by atoms with Crippen LogP contribution in [0.25, 0.3) is 5.70 Å². The smallest absolute Gasteiger partial charge is 0.340 e. The molecule has 0 N–H and O–H groups in total. The molecule has 7 nitrogen and oxygen atoms in total. The van der Waals surface area contributed by atoms with Gasteiger partial charge >= 0.3 is 6.18 Å². The van der Waals surface area contributed by atoms with Crippen LogP contribution in [0.15, 0.2) is 6.08 Å². The summed E-state index contributed by atoms with van der Waals surface area (Å²) in [5.41, 5.74) is -0.674. The Balaban J connectivity index is 1.76. The Kier molecular flexibility index (Phi) is 6.02. The minimum atomic E-state index is -4.62. The van der Waals surface area contributed by atoms with Gasteiger partial charge in [-0.1, -0.05) is 6.08 Å². The highest BCUT2D eigenvalue weighted by Crippen LogP contribution is 2.36. The topological polar surface area (TPSA) is 61.7 Å². The van der Waals surface area contributed by atoms with Gasteiger partial charge in [0.1, 0.15) is 5.69 Å². The number of amides is 2. The molecule has 0 radical (unpaired) electrons. The Morgan fingerprint density at radius 1 is 1.17 bits per heavy atom. The highest BCUT2D eigenvalue weighted by molar-refractivity contribution is 5.96. The zero-order valence-corrected chi connectivity index (χ0v) is 16.9. The Morgan fingerprint density at radius 3 is 2.41 bits per heavy atom. The van der Waals surface area contributed by atoms with E-state index in [0.717, 1.165) is 17.8 Å². The van der Waals surface area contributed by atoms with E-state index in [1.165, 1.54) is 4.90 Å². The summed E-state index contributed by atoms with van der Waals surface area (Å²) in [5.74, 6) is -0.549. The Morgan fingerprint density at radius 2 is 1.83 bits per heavy atom. The quantitative estimate of drug-likeness (QED) is 0.757. The summed E-state index contributed by atoms with van der Waals surface area (Å²) in [6, 6.07) is 0. The molecule has 0 saturated carbocycles. The SMILES string of the molecule is C/C=C(\C)n1nc(C(F)(F)F)c2c1C(=O)N(CCC(=O)N1CCN(C)CC1)CC2. The second-order valence-electron chi connectivity index (χ2n) is 7.49. The van der Waals surface area contributed by atoms with Crippen LogP contribution in [-0.4, -0.2) is 82.6 Å². The van der Waals surface area contributed by atoms with Crippen molar-refractivity contribution in [1.29, 1.82) is 0 Å². The monoisotopic (exact) mass is 413 g/mol. The van der Waals surface area contributed by atoms with Gasteiger partial charge in [-0.2, -0.15) is 18.3 Å². The van der Waals surface area contributed by atoms with Crippen molar-refractivity contribution in [3.05, 3.63) is 23.0 Å². The zero-order chi connectivity index (χ0) is 21.3. The van der Waals surface area contributed by atoms with Crippen molar-refractivity contribution in [2.45, 2.75) is 32.9 Å². The predicted octanol–water partition coefficient (Wildman–Crippen LogP) is 1.95. The first-order valence-electron chi connectivity index (χ1n) is 9.71. The molecular weight excluding hydrogens is 387 g/mol. The molecule has 0 aliphatic carbocycles. The van der Waals surface area contributed by atoms with Gasteiger partial charge in [-0.15, -0.1) is 0 Å². The highest BCUT2D eigenvalue weighted by atomic mass is 19.4. The summed E-state index contributed by atoms with van der Waals surface area (Å²) < 4.78 is 41.3. The normalized spacial score (nSPS) is 19.0.